The van der Waals surface area contributed by atoms with Crippen molar-refractivity contribution in [1.29, 1.82) is 0 Å². The Morgan fingerprint density at radius 2 is 2.20 bits per heavy atom. The molecule has 1 unspecified atom stereocenters. The van der Waals surface area contributed by atoms with E-state index in [4.69, 9.17) is 4.74 Å². The fourth-order valence-electron chi connectivity index (χ4n) is 1.66. The van der Waals surface area contributed by atoms with E-state index in [0.29, 0.717) is 6.04 Å². The first-order valence-corrected chi connectivity index (χ1v) is 5.56. The van der Waals surface area contributed by atoms with Crippen molar-refractivity contribution < 1.29 is 9.53 Å². The molecule has 4 nitrogen and oxygen atoms in total. The molecule has 88 valence electrons. The van der Waals surface area contributed by atoms with Crippen molar-refractivity contribution in [2.24, 2.45) is 0 Å². The van der Waals surface area contributed by atoms with Gasteiger partial charge < -0.3 is 15.0 Å². The summed E-state index contributed by atoms with van der Waals surface area (Å²) in [4.78, 5) is 13.3. The quantitative estimate of drug-likeness (QED) is 0.759. The molecule has 0 aromatic carbocycles. The van der Waals surface area contributed by atoms with Crippen molar-refractivity contribution in [2.45, 2.75) is 45.3 Å². The summed E-state index contributed by atoms with van der Waals surface area (Å²) in [6, 6.07) is 0.433. The minimum atomic E-state index is -0.408. The van der Waals surface area contributed by atoms with Crippen molar-refractivity contribution in [3.63, 3.8) is 0 Å². The van der Waals surface area contributed by atoms with Crippen LogP contribution in [0.2, 0.25) is 0 Å². The number of hydrogen-bond donors (Lipinski definition) is 1. The molecule has 4 heteroatoms. The molecule has 1 aliphatic heterocycles. The molecule has 1 atom stereocenters. The summed E-state index contributed by atoms with van der Waals surface area (Å²) in [6.07, 6.45) is 2.11. The van der Waals surface area contributed by atoms with E-state index in [-0.39, 0.29) is 6.09 Å². The molecule has 0 aliphatic carbocycles. The van der Waals surface area contributed by atoms with E-state index in [0.717, 1.165) is 19.5 Å². The third-order valence-electron chi connectivity index (χ3n) is 2.36. The van der Waals surface area contributed by atoms with Gasteiger partial charge in [0.1, 0.15) is 5.60 Å². The smallest absolute Gasteiger partial charge is 0.410 e. The molecule has 1 heterocycles. The van der Waals surface area contributed by atoms with E-state index in [1.807, 2.05) is 20.8 Å². The molecule has 1 amide bonds. The maximum absolute atomic E-state index is 11.6. The van der Waals surface area contributed by atoms with Gasteiger partial charge in [-0.1, -0.05) is 0 Å². The normalized spacial score (nSPS) is 21.5. The van der Waals surface area contributed by atoms with Gasteiger partial charge >= 0.3 is 6.09 Å². The molecular formula is C11H22N2O2. The van der Waals surface area contributed by atoms with Crippen LogP contribution in [0.15, 0.2) is 0 Å². The van der Waals surface area contributed by atoms with Gasteiger partial charge in [0.05, 0.1) is 0 Å². The Bertz CT molecular complexity index is 217. The summed E-state index contributed by atoms with van der Waals surface area (Å²) in [7, 11) is 1.79. The average molecular weight is 214 g/mol. The molecule has 0 radical (unpaired) electrons. The standard InChI is InChI=1S/C11H22N2O2/c1-11(2,3)15-10(14)13(4)8-9-6-5-7-12-9/h9,12H,5-8H2,1-4H3. The van der Waals surface area contributed by atoms with Gasteiger partial charge in [-0.3, -0.25) is 0 Å². The van der Waals surface area contributed by atoms with Gasteiger partial charge in [-0.15, -0.1) is 0 Å². The largest absolute Gasteiger partial charge is 0.444 e. The van der Waals surface area contributed by atoms with E-state index >= 15 is 0 Å². The number of likely N-dealkylation sites (N-methyl/N-ethyl adjacent to an activating group) is 1. The highest BCUT2D eigenvalue weighted by Crippen LogP contribution is 2.11. The number of carbonyl (C=O) groups excluding carboxylic acids is 1. The molecule has 1 fully saturated rings. The molecule has 0 saturated carbocycles. The van der Waals surface area contributed by atoms with Gasteiger partial charge in [0.15, 0.2) is 0 Å². The van der Waals surface area contributed by atoms with Gasteiger partial charge in [-0.05, 0) is 40.2 Å². The molecular weight excluding hydrogens is 192 g/mol. The predicted molar refractivity (Wildman–Crippen MR) is 59.9 cm³/mol. The fourth-order valence-corrected chi connectivity index (χ4v) is 1.66. The average Bonchev–Trinajstić information content (AvgIpc) is 2.53. The number of rotatable bonds is 2. The zero-order chi connectivity index (χ0) is 11.5. The van der Waals surface area contributed by atoms with E-state index in [1.54, 1.807) is 11.9 Å². The second kappa shape index (κ2) is 4.84. The van der Waals surface area contributed by atoms with Crippen molar-refractivity contribution in [3.8, 4) is 0 Å². The fraction of sp³-hybridized carbons (Fsp3) is 0.909. The Balaban J connectivity index is 2.32. The highest BCUT2D eigenvalue weighted by molar-refractivity contribution is 5.67. The maximum atomic E-state index is 11.6. The van der Waals surface area contributed by atoms with Crippen LogP contribution in [0.3, 0.4) is 0 Å². The number of carbonyl (C=O) groups is 1. The third-order valence-corrected chi connectivity index (χ3v) is 2.36. The van der Waals surface area contributed by atoms with Crippen molar-refractivity contribution >= 4 is 6.09 Å². The molecule has 15 heavy (non-hydrogen) atoms. The Hall–Kier alpha value is -0.770. The van der Waals surface area contributed by atoms with Crippen LogP contribution < -0.4 is 5.32 Å². The lowest BCUT2D eigenvalue weighted by Crippen LogP contribution is -2.41. The molecule has 0 bridgehead atoms. The number of amides is 1. The van der Waals surface area contributed by atoms with E-state index in [2.05, 4.69) is 5.32 Å². The second-order valence-corrected chi connectivity index (χ2v) is 5.15. The second-order valence-electron chi connectivity index (χ2n) is 5.15. The zero-order valence-electron chi connectivity index (χ0n) is 10.2. The Labute approximate surface area is 92.0 Å². The molecule has 1 aliphatic rings. The maximum Gasteiger partial charge on any atom is 0.410 e. The summed E-state index contributed by atoms with van der Waals surface area (Å²) in [6.45, 7) is 7.44. The van der Waals surface area contributed by atoms with Crippen molar-refractivity contribution in [3.05, 3.63) is 0 Å². The lowest BCUT2D eigenvalue weighted by Gasteiger charge is -2.26. The molecule has 1 saturated heterocycles. The lowest BCUT2D eigenvalue weighted by atomic mass is 10.2. The third kappa shape index (κ3) is 4.51. The summed E-state index contributed by atoms with van der Waals surface area (Å²) in [5.74, 6) is 0. The number of hydrogen-bond acceptors (Lipinski definition) is 3. The van der Waals surface area contributed by atoms with Crippen molar-refractivity contribution in [2.75, 3.05) is 20.1 Å². The lowest BCUT2D eigenvalue weighted by molar-refractivity contribution is 0.0286. The summed E-state index contributed by atoms with van der Waals surface area (Å²) < 4.78 is 5.27. The minimum Gasteiger partial charge on any atom is -0.444 e. The first-order valence-electron chi connectivity index (χ1n) is 5.56. The number of nitrogens with one attached hydrogen (secondary N) is 1. The molecule has 0 aromatic heterocycles. The molecule has 0 spiro atoms. The summed E-state index contributed by atoms with van der Waals surface area (Å²) in [5.41, 5.74) is -0.408. The van der Waals surface area contributed by atoms with E-state index in [1.165, 1.54) is 6.42 Å². The summed E-state index contributed by atoms with van der Waals surface area (Å²) >= 11 is 0. The topological polar surface area (TPSA) is 41.6 Å². The van der Waals surface area contributed by atoms with E-state index < -0.39 is 5.60 Å². The number of nitrogens with zero attached hydrogens (tertiary/aromatic N) is 1. The van der Waals surface area contributed by atoms with E-state index in [9.17, 15) is 4.79 Å². The Morgan fingerprint density at radius 1 is 1.53 bits per heavy atom. The SMILES string of the molecule is CN(CC1CCCN1)C(=O)OC(C)(C)C. The predicted octanol–water partition coefficient (Wildman–Crippen LogP) is 1.61. The van der Waals surface area contributed by atoms with Crippen molar-refractivity contribution in [1.82, 2.24) is 10.2 Å². The van der Waals surface area contributed by atoms with Crippen LogP contribution in [0.4, 0.5) is 4.79 Å². The monoisotopic (exact) mass is 214 g/mol. The highest BCUT2D eigenvalue weighted by Gasteiger charge is 2.23. The molecule has 0 aromatic rings. The van der Waals surface area contributed by atoms with Crippen LogP contribution in [0.1, 0.15) is 33.6 Å². The van der Waals surface area contributed by atoms with Gasteiger partial charge in [-0.2, -0.15) is 0 Å². The Morgan fingerprint density at radius 3 is 2.67 bits per heavy atom. The van der Waals surface area contributed by atoms with Crippen LogP contribution >= 0.6 is 0 Å². The van der Waals surface area contributed by atoms with Crippen LogP contribution in [0, 0.1) is 0 Å². The molecule has 1 rings (SSSR count). The van der Waals surface area contributed by atoms with Crippen LogP contribution in [0.5, 0.6) is 0 Å². The van der Waals surface area contributed by atoms with Crippen LogP contribution in [-0.2, 0) is 4.74 Å². The van der Waals surface area contributed by atoms with Gasteiger partial charge in [-0.25, -0.2) is 4.79 Å². The van der Waals surface area contributed by atoms with Crippen LogP contribution in [0.25, 0.3) is 0 Å². The summed E-state index contributed by atoms with van der Waals surface area (Å²) in [5, 5.41) is 3.36. The minimum absolute atomic E-state index is 0.240. The molecule has 1 N–H and O–H groups in total. The van der Waals surface area contributed by atoms with Gasteiger partial charge in [0.25, 0.3) is 0 Å². The Kier molecular flexibility index (Phi) is 3.97. The first kappa shape index (κ1) is 12.3. The van der Waals surface area contributed by atoms with Gasteiger partial charge in [0, 0.05) is 19.6 Å². The first-order chi connectivity index (χ1) is 6.88. The van der Waals surface area contributed by atoms with Gasteiger partial charge in [0.2, 0.25) is 0 Å². The zero-order valence-corrected chi connectivity index (χ0v) is 10.2. The number of ether oxygens (including phenoxy) is 1. The highest BCUT2D eigenvalue weighted by atomic mass is 16.6. The van der Waals surface area contributed by atoms with Crippen LogP contribution in [-0.4, -0.2) is 42.8 Å².